The van der Waals surface area contributed by atoms with Crippen LogP contribution in [0.1, 0.15) is 17.5 Å². The molecule has 0 spiro atoms. The van der Waals surface area contributed by atoms with Gasteiger partial charge in [-0.2, -0.15) is 13.2 Å². The highest BCUT2D eigenvalue weighted by Crippen LogP contribution is 2.59. The molecule has 1 saturated heterocycles. The second-order valence-electron chi connectivity index (χ2n) is 6.62. The van der Waals surface area contributed by atoms with Crippen molar-refractivity contribution in [1.29, 1.82) is 0 Å². The monoisotopic (exact) mass is 370 g/mol. The minimum Gasteiger partial charge on any atom is -0.493 e. The number of fused-ring (bicyclic) bond motifs is 3. The Kier molecular flexibility index (Phi) is 3.75. The van der Waals surface area contributed by atoms with Crippen LogP contribution in [0.2, 0.25) is 0 Å². The van der Waals surface area contributed by atoms with Gasteiger partial charge in [0.25, 0.3) is 0 Å². The van der Waals surface area contributed by atoms with Crippen molar-refractivity contribution in [2.75, 3.05) is 0 Å². The van der Waals surface area contributed by atoms with E-state index in [1.807, 2.05) is 0 Å². The molecule has 2 fully saturated rings. The van der Waals surface area contributed by atoms with Gasteiger partial charge in [-0.1, -0.05) is 6.07 Å². The van der Waals surface area contributed by atoms with Crippen molar-refractivity contribution in [1.82, 2.24) is 0 Å². The van der Waals surface area contributed by atoms with Crippen LogP contribution >= 0.6 is 0 Å². The predicted octanol–water partition coefficient (Wildman–Crippen LogP) is 3.88. The van der Waals surface area contributed by atoms with E-state index in [4.69, 9.17) is 14.6 Å². The zero-order valence-corrected chi connectivity index (χ0v) is 13.3. The van der Waals surface area contributed by atoms with Crippen molar-refractivity contribution in [3.63, 3.8) is 0 Å². The normalized spacial score (nSPS) is 29.1. The summed E-state index contributed by atoms with van der Waals surface area (Å²) in [5, 5.41) is 9.06. The average Bonchev–Trinajstić information content (AvgIpc) is 3.16. The summed E-state index contributed by atoms with van der Waals surface area (Å²) in [6.07, 6.45) is -1.09. The molecule has 4 nitrogen and oxygen atoms in total. The topological polar surface area (TPSA) is 55.8 Å². The molecule has 26 heavy (non-hydrogen) atoms. The third kappa shape index (κ3) is 2.83. The first kappa shape index (κ1) is 16.9. The molecule has 0 amide bonds. The molecular formula is C18H14F4O4. The highest BCUT2D eigenvalue weighted by Gasteiger charge is 2.66. The highest BCUT2D eigenvalue weighted by atomic mass is 19.4. The van der Waals surface area contributed by atoms with Crippen molar-refractivity contribution in [2.45, 2.75) is 25.3 Å². The third-order valence-electron chi connectivity index (χ3n) is 4.99. The zero-order chi connectivity index (χ0) is 18.6. The lowest BCUT2D eigenvalue weighted by Gasteiger charge is -2.20. The highest BCUT2D eigenvalue weighted by molar-refractivity contribution is 5.76. The summed E-state index contributed by atoms with van der Waals surface area (Å²) in [6.45, 7) is -0.145. The maximum Gasteiger partial charge on any atom is 0.419 e. The molecular weight excluding hydrogens is 356 g/mol. The molecule has 1 saturated carbocycles. The molecule has 8 heteroatoms. The molecule has 4 atom stereocenters. The Morgan fingerprint density at radius 2 is 2.12 bits per heavy atom. The number of benzene rings is 1. The summed E-state index contributed by atoms with van der Waals surface area (Å²) < 4.78 is 62.7. The zero-order valence-electron chi connectivity index (χ0n) is 13.3. The van der Waals surface area contributed by atoms with E-state index in [1.54, 1.807) is 12.2 Å². The van der Waals surface area contributed by atoms with Crippen LogP contribution in [-0.4, -0.2) is 17.2 Å². The number of halogens is 4. The number of alkyl halides is 3. The molecule has 0 aromatic heterocycles. The van der Waals surface area contributed by atoms with Gasteiger partial charge in [0.1, 0.15) is 36.0 Å². The van der Waals surface area contributed by atoms with Crippen LogP contribution in [0.15, 0.2) is 41.9 Å². The Bertz CT molecular complexity index is 827. The summed E-state index contributed by atoms with van der Waals surface area (Å²) in [5.74, 6) is -1.56. The largest absolute Gasteiger partial charge is 0.493 e. The van der Waals surface area contributed by atoms with Crippen molar-refractivity contribution in [3.05, 3.63) is 58.8 Å². The smallest absolute Gasteiger partial charge is 0.419 e. The third-order valence-corrected chi connectivity index (χ3v) is 4.99. The maximum atomic E-state index is 13.3. The lowest BCUT2D eigenvalue weighted by molar-refractivity contribution is -0.141. The molecule has 2 aliphatic carbocycles. The first-order valence-corrected chi connectivity index (χ1v) is 8.05. The number of allylic oxidation sites excluding steroid dienone is 3. The number of hydrogen-bond acceptors (Lipinski definition) is 3. The number of carboxylic acids is 1. The van der Waals surface area contributed by atoms with Gasteiger partial charge in [0, 0.05) is 17.9 Å². The van der Waals surface area contributed by atoms with E-state index in [-0.39, 0.29) is 30.1 Å². The summed E-state index contributed by atoms with van der Waals surface area (Å²) in [4.78, 5) is 11.0. The van der Waals surface area contributed by atoms with E-state index in [0.717, 1.165) is 12.1 Å². The van der Waals surface area contributed by atoms with E-state index < -0.39 is 29.4 Å². The van der Waals surface area contributed by atoms with Gasteiger partial charge in [-0.05, 0) is 30.2 Å². The van der Waals surface area contributed by atoms with E-state index in [0.29, 0.717) is 17.9 Å². The number of carbonyl (C=O) groups is 1. The van der Waals surface area contributed by atoms with Crippen LogP contribution in [0, 0.1) is 23.6 Å². The van der Waals surface area contributed by atoms with Gasteiger partial charge in [-0.3, -0.25) is 4.79 Å². The van der Waals surface area contributed by atoms with Gasteiger partial charge < -0.3 is 14.6 Å². The summed E-state index contributed by atoms with van der Waals surface area (Å²) in [6, 6.07) is 2.74. The fourth-order valence-electron chi connectivity index (χ4n) is 3.68. The van der Waals surface area contributed by atoms with Crippen LogP contribution < -0.4 is 0 Å². The Morgan fingerprint density at radius 3 is 2.81 bits per heavy atom. The van der Waals surface area contributed by atoms with Gasteiger partial charge >= 0.3 is 12.1 Å². The summed E-state index contributed by atoms with van der Waals surface area (Å²) in [7, 11) is 0. The first-order valence-electron chi connectivity index (χ1n) is 8.05. The molecule has 1 aromatic rings. The van der Waals surface area contributed by atoms with Gasteiger partial charge in [0.2, 0.25) is 0 Å². The Morgan fingerprint density at radius 1 is 1.35 bits per heavy atom. The minimum atomic E-state index is -4.77. The molecule has 3 aliphatic rings. The molecule has 1 aliphatic heterocycles. The number of rotatable bonds is 4. The van der Waals surface area contributed by atoms with Crippen LogP contribution in [0.3, 0.4) is 0 Å². The molecule has 0 bridgehead atoms. The Hall–Kier alpha value is -2.51. The number of aliphatic carboxylic acids is 1. The molecule has 1 aromatic carbocycles. The lowest BCUT2D eigenvalue weighted by atomic mass is 9.92. The fraction of sp³-hybridized carbons (Fsp3) is 0.389. The Labute approximate surface area is 145 Å². The second-order valence-corrected chi connectivity index (χ2v) is 6.62. The second kappa shape index (κ2) is 5.75. The van der Waals surface area contributed by atoms with Gasteiger partial charge in [-0.25, -0.2) is 4.39 Å². The average molecular weight is 370 g/mol. The van der Waals surface area contributed by atoms with Crippen molar-refractivity contribution < 1.29 is 36.9 Å². The first-order chi connectivity index (χ1) is 12.3. The van der Waals surface area contributed by atoms with E-state index in [2.05, 4.69) is 0 Å². The SMILES string of the molecule is O=C(O)[C@H]1[C@@H]2OC3=CC(OCc4ccc(F)c(C(F)(F)F)c4)=CCC3[C@@H]21. The van der Waals surface area contributed by atoms with E-state index in [9.17, 15) is 22.4 Å². The fourth-order valence-corrected chi connectivity index (χ4v) is 3.68. The van der Waals surface area contributed by atoms with Gasteiger partial charge in [0.15, 0.2) is 0 Å². The summed E-state index contributed by atoms with van der Waals surface area (Å²) >= 11 is 0. The molecule has 0 radical (unpaired) electrons. The van der Waals surface area contributed by atoms with Crippen LogP contribution in [0.5, 0.6) is 0 Å². The van der Waals surface area contributed by atoms with E-state index in [1.165, 1.54) is 6.07 Å². The van der Waals surface area contributed by atoms with Gasteiger partial charge in [-0.15, -0.1) is 0 Å². The summed E-state index contributed by atoms with van der Waals surface area (Å²) in [5.41, 5.74) is -1.13. The minimum absolute atomic E-state index is 0.0103. The number of ether oxygens (including phenoxy) is 2. The number of hydrogen-bond donors (Lipinski definition) is 1. The standard InChI is InChI=1S/C18H14F4O4/c19-12-4-1-8(5-11(12)18(20,21)22)7-25-9-2-3-10-13(6-9)26-16-14(10)15(16)17(23)24/h1-2,4-6,10,14-16H,3,7H2,(H,23,24)/t10?,14-,15-,16-/m1/s1. The molecule has 138 valence electrons. The van der Waals surface area contributed by atoms with Gasteiger partial charge in [0.05, 0.1) is 5.56 Å². The van der Waals surface area contributed by atoms with Crippen LogP contribution in [0.25, 0.3) is 0 Å². The number of carboxylic acid groups (broad SMARTS) is 1. The predicted molar refractivity (Wildman–Crippen MR) is 80.0 cm³/mol. The van der Waals surface area contributed by atoms with Crippen molar-refractivity contribution in [2.24, 2.45) is 17.8 Å². The van der Waals surface area contributed by atoms with Crippen LogP contribution in [0.4, 0.5) is 17.6 Å². The van der Waals surface area contributed by atoms with Crippen molar-refractivity contribution >= 4 is 5.97 Å². The quantitative estimate of drug-likeness (QED) is 0.818. The van der Waals surface area contributed by atoms with Crippen molar-refractivity contribution in [3.8, 4) is 0 Å². The van der Waals surface area contributed by atoms with Crippen LogP contribution in [-0.2, 0) is 27.1 Å². The Balaban J connectivity index is 1.40. The maximum absolute atomic E-state index is 13.3. The molecule has 1 unspecified atom stereocenters. The molecule has 1 heterocycles. The molecule has 1 N–H and O–H groups in total. The van der Waals surface area contributed by atoms with E-state index >= 15 is 0 Å². The lowest BCUT2D eigenvalue weighted by Crippen LogP contribution is -2.15. The molecule has 4 rings (SSSR count).